The van der Waals surface area contributed by atoms with Gasteiger partial charge in [-0.3, -0.25) is 14.6 Å². The number of nitrogens with one attached hydrogen (secondary N) is 1. The fraction of sp³-hybridized carbons (Fsp3) is 0.375. The maximum absolute atomic E-state index is 13.1. The van der Waals surface area contributed by atoms with Crippen LogP contribution < -0.4 is 10.2 Å². The van der Waals surface area contributed by atoms with Crippen molar-refractivity contribution in [3.8, 4) is 0 Å². The molecule has 2 aromatic carbocycles. The lowest BCUT2D eigenvalue weighted by Crippen LogP contribution is -2.48. The largest absolute Gasteiger partial charge is 0.368 e. The van der Waals surface area contributed by atoms with Gasteiger partial charge < -0.3 is 15.1 Å². The van der Waals surface area contributed by atoms with E-state index in [2.05, 4.69) is 15.2 Å². The molecule has 2 atom stereocenters. The zero-order valence-electron chi connectivity index (χ0n) is 18.8. The number of aliphatic imine (C=N–C) groups is 1. The molecule has 0 bridgehead atoms. The number of amides is 1. The van der Waals surface area contributed by atoms with E-state index in [1.54, 1.807) is 6.92 Å². The Balaban J connectivity index is 1.19. The van der Waals surface area contributed by atoms with E-state index < -0.39 is 9.84 Å². The molecule has 34 heavy (non-hydrogen) atoms. The predicted octanol–water partition coefficient (Wildman–Crippen LogP) is 2.53. The highest BCUT2D eigenvalue weighted by atomic mass is 32.2. The Hall–Kier alpha value is -2.85. The van der Waals surface area contributed by atoms with Gasteiger partial charge in [0.15, 0.2) is 20.8 Å². The highest BCUT2D eigenvalue weighted by Crippen LogP contribution is 2.34. The number of hydrogen-bond acceptors (Lipinski definition) is 8. The summed E-state index contributed by atoms with van der Waals surface area (Å²) in [6.07, 6.45) is 0. The van der Waals surface area contributed by atoms with E-state index in [1.165, 1.54) is 11.8 Å². The lowest BCUT2D eigenvalue weighted by molar-refractivity contribution is 0.0746. The SMILES string of the molecule is CC(=O)c1ccc(N2CCN(C(=O)c3cccc(NC4=N[C@H]5CS(=O)(=O)C[C@H]5S4)c3)CC2)cc1. The molecule has 3 aliphatic heterocycles. The second-order valence-corrected chi connectivity index (χ2v) is 12.2. The summed E-state index contributed by atoms with van der Waals surface area (Å²) in [5, 5.41) is 3.94. The van der Waals surface area contributed by atoms with E-state index in [4.69, 9.17) is 0 Å². The first-order chi connectivity index (χ1) is 16.3. The molecule has 2 saturated heterocycles. The summed E-state index contributed by atoms with van der Waals surface area (Å²) in [5.74, 6) is 0.316. The number of benzene rings is 2. The number of ketones is 1. The maximum atomic E-state index is 13.1. The minimum atomic E-state index is -2.98. The standard InChI is InChI=1S/C24H26N4O4S2/c1-16(29)17-5-7-20(8-6-17)27-9-11-28(12-10-27)23(30)18-3-2-4-19(13-18)25-24-26-21-14-34(31,32)15-22(21)33-24/h2-8,13,21-22H,9-12,14-15H2,1H3,(H,25,26)/t21-,22+/m0/s1. The van der Waals surface area contributed by atoms with E-state index in [0.29, 0.717) is 29.4 Å². The van der Waals surface area contributed by atoms with Crippen molar-refractivity contribution in [3.05, 3.63) is 59.7 Å². The molecule has 3 aliphatic rings. The lowest BCUT2D eigenvalue weighted by Gasteiger charge is -2.36. The van der Waals surface area contributed by atoms with Crippen molar-refractivity contribution < 1.29 is 18.0 Å². The minimum Gasteiger partial charge on any atom is -0.368 e. The van der Waals surface area contributed by atoms with Gasteiger partial charge in [-0.05, 0) is 49.4 Å². The number of rotatable bonds is 4. The minimum absolute atomic E-state index is 0.0146. The zero-order chi connectivity index (χ0) is 23.9. The highest BCUT2D eigenvalue weighted by Gasteiger charge is 2.42. The number of piperazine rings is 1. The molecule has 0 spiro atoms. The van der Waals surface area contributed by atoms with Crippen LogP contribution in [-0.2, 0) is 9.84 Å². The van der Waals surface area contributed by atoms with Crippen molar-refractivity contribution in [1.82, 2.24) is 4.90 Å². The van der Waals surface area contributed by atoms with E-state index in [-0.39, 0.29) is 34.5 Å². The summed E-state index contributed by atoms with van der Waals surface area (Å²) in [6.45, 7) is 4.24. The summed E-state index contributed by atoms with van der Waals surface area (Å²) in [4.78, 5) is 33.2. The van der Waals surface area contributed by atoms with Crippen LogP contribution in [0.15, 0.2) is 53.5 Å². The van der Waals surface area contributed by atoms with Crippen LogP contribution in [0.2, 0.25) is 0 Å². The van der Waals surface area contributed by atoms with Gasteiger partial charge in [0.2, 0.25) is 0 Å². The molecule has 2 fully saturated rings. The number of amidine groups is 1. The molecule has 1 amide bonds. The van der Waals surface area contributed by atoms with Gasteiger partial charge in [0.1, 0.15) is 0 Å². The van der Waals surface area contributed by atoms with Crippen molar-refractivity contribution in [3.63, 3.8) is 0 Å². The molecule has 0 saturated carbocycles. The summed E-state index contributed by atoms with van der Waals surface area (Å²) in [7, 11) is -2.98. The van der Waals surface area contributed by atoms with E-state index in [9.17, 15) is 18.0 Å². The average molecular weight is 499 g/mol. The normalized spacial score (nSPS) is 23.4. The number of Topliss-reactive ketones (excluding diaryl/α,β-unsaturated/α-hetero) is 1. The Morgan fingerprint density at radius 2 is 1.74 bits per heavy atom. The Morgan fingerprint density at radius 1 is 1.00 bits per heavy atom. The molecule has 1 N–H and O–H groups in total. The zero-order valence-corrected chi connectivity index (χ0v) is 20.4. The quantitative estimate of drug-likeness (QED) is 0.647. The van der Waals surface area contributed by atoms with Crippen LogP contribution in [0, 0.1) is 0 Å². The van der Waals surface area contributed by atoms with Gasteiger partial charge >= 0.3 is 0 Å². The molecular weight excluding hydrogens is 472 g/mol. The van der Waals surface area contributed by atoms with Crippen LogP contribution in [-0.4, -0.2) is 79.2 Å². The fourth-order valence-corrected chi connectivity index (χ4v) is 8.20. The molecule has 3 heterocycles. The number of thioether (sulfide) groups is 1. The Bertz CT molecular complexity index is 1250. The van der Waals surface area contributed by atoms with Crippen molar-refractivity contribution in [2.24, 2.45) is 4.99 Å². The van der Waals surface area contributed by atoms with Crippen molar-refractivity contribution >= 4 is 49.8 Å². The molecule has 0 aromatic heterocycles. The number of fused-ring (bicyclic) bond motifs is 1. The number of hydrogen-bond donors (Lipinski definition) is 1. The second-order valence-electron chi connectivity index (χ2n) is 8.82. The van der Waals surface area contributed by atoms with Gasteiger partial charge in [0.25, 0.3) is 5.91 Å². The van der Waals surface area contributed by atoms with Crippen LogP contribution in [0.25, 0.3) is 0 Å². The van der Waals surface area contributed by atoms with Crippen molar-refractivity contribution in [1.29, 1.82) is 0 Å². The Labute approximate surface area is 203 Å². The lowest BCUT2D eigenvalue weighted by atomic mass is 10.1. The van der Waals surface area contributed by atoms with Crippen LogP contribution in [0.1, 0.15) is 27.6 Å². The summed E-state index contributed by atoms with van der Waals surface area (Å²) >= 11 is 1.46. The van der Waals surface area contributed by atoms with E-state index in [1.807, 2.05) is 53.4 Å². The van der Waals surface area contributed by atoms with Gasteiger partial charge in [-0.15, -0.1) is 0 Å². The third-order valence-corrected chi connectivity index (χ3v) is 9.53. The summed E-state index contributed by atoms with van der Waals surface area (Å²) in [6, 6.07) is 14.8. The molecule has 2 aromatic rings. The Morgan fingerprint density at radius 3 is 2.41 bits per heavy atom. The van der Waals surface area contributed by atoms with Gasteiger partial charge in [-0.25, -0.2) is 8.42 Å². The maximum Gasteiger partial charge on any atom is 0.254 e. The topological polar surface area (TPSA) is 99.2 Å². The van der Waals surface area contributed by atoms with Gasteiger partial charge in [-0.1, -0.05) is 17.8 Å². The summed E-state index contributed by atoms with van der Waals surface area (Å²) < 4.78 is 23.5. The first kappa shape index (κ1) is 22.9. The van der Waals surface area contributed by atoms with Gasteiger partial charge in [0, 0.05) is 53.9 Å². The number of carbonyl (C=O) groups excluding carboxylic acids is 2. The first-order valence-electron chi connectivity index (χ1n) is 11.2. The summed E-state index contributed by atoms with van der Waals surface area (Å²) in [5.41, 5.74) is 3.12. The molecule has 0 radical (unpaired) electrons. The molecule has 0 unspecified atom stereocenters. The van der Waals surface area contributed by atoms with Crippen LogP contribution in [0.3, 0.4) is 0 Å². The second kappa shape index (κ2) is 9.07. The highest BCUT2D eigenvalue weighted by molar-refractivity contribution is 8.15. The fourth-order valence-electron chi connectivity index (χ4n) is 4.53. The predicted molar refractivity (Wildman–Crippen MR) is 136 cm³/mol. The number of anilines is 2. The number of carbonyl (C=O) groups is 2. The monoisotopic (exact) mass is 498 g/mol. The Kier molecular flexibility index (Phi) is 6.11. The molecule has 10 heteroatoms. The van der Waals surface area contributed by atoms with Crippen molar-refractivity contribution in [2.75, 3.05) is 47.9 Å². The molecule has 8 nitrogen and oxygen atoms in total. The third kappa shape index (κ3) is 4.83. The van der Waals surface area contributed by atoms with E-state index >= 15 is 0 Å². The van der Waals surface area contributed by atoms with Crippen LogP contribution >= 0.6 is 11.8 Å². The van der Waals surface area contributed by atoms with E-state index in [0.717, 1.165) is 24.5 Å². The number of nitrogens with zero attached hydrogens (tertiary/aromatic N) is 3. The smallest absolute Gasteiger partial charge is 0.254 e. The molecule has 0 aliphatic carbocycles. The van der Waals surface area contributed by atoms with Crippen LogP contribution in [0.4, 0.5) is 11.4 Å². The van der Waals surface area contributed by atoms with Gasteiger partial charge in [-0.2, -0.15) is 0 Å². The molecule has 5 rings (SSSR count). The third-order valence-electron chi connectivity index (χ3n) is 6.38. The average Bonchev–Trinajstić information content (AvgIpc) is 3.31. The number of sulfone groups is 1. The van der Waals surface area contributed by atoms with Crippen LogP contribution in [0.5, 0.6) is 0 Å². The van der Waals surface area contributed by atoms with Gasteiger partial charge in [0.05, 0.1) is 17.5 Å². The molecule has 178 valence electrons. The van der Waals surface area contributed by atoms with Crippen molar-refractivity contribution in [2.45, 2.75) is 18.2 Å². The first-order valence-corrected chi connectivity index (χ1v) is 13.9. The molecular formula is C24H26N4O4S2.